The summed E-state index contributed by atoms with van der Waals surface area (Å²) in [5, 5.41) is 0. The van der Waals surface area contributed by atoms with Gasteiger partial charge in [-0.05, 0) is 47.2 Å². The molecule has 0 aromatic heterocycles. The monoisotopic (exact) mass is 320 g/mol. The highest BCUT2D eigenvalue weighted by molar-refractivity contribution is 14.1. The van der Waals surface area contributed by atoms with Crippen molar-refractivity contribution in [3.63, 3.8) is 0 Å². The van der Waals surface area contributed by atoms with Crippen LogP contribution in [0, 0.1) is 3.57 Å². The van der Waals surface area contributed by atoms with Crippen LogP contribution in [0.15, 0.2) is 36.4 Å². The van der Waals surface area contributed by atoms with Crippen LogP contribution in [0.2, 0.25) is 0 Å². The second kappa shape index (κ2) is 6.35. The summed E-state index contributed by atoms with van der Waals surface area (Å²) in [7, 11) is -0.767. The maximum Gasteiger partial charge on any atom is 0.0488 e. The zero-order valence-electron chi connectivity index (χ0n) is 8.07. The molecular weight excluding hydrogens is 307 g/mol. The minimum absolute atomic E-state index is 0.654. The lowest BCUT2D eigenvalue weighted by Gasteiger charge is -1.99. The van der Waals surface area contributed by atoms with Crippen molar-refractivity contribution in [2.24, 2.45) is 0 Å². The van der Waals surface area contributed by atoms with Crippen LogP contribution in [-0.4, -0.2) is 9.96 Å². The molecule has 3 heteroatoms. The van der Waals surface area contributed by atoms with Gasteiger partial charge in [0.25, 0.3) is 0 Å². The van der Waals surface area contributed by atoms with E-state index in [0.717, 1.165) is 5.56 Å². The summed E-state index contributed by atoms with van der Waals surface area (Å²) in [6, 6.07) is 8.16. The van der Waals surface area contributed by atoms with Crippen molar-refractivity contribution >= 4 is 33.4 Å². The van der Waals surface area contributed by atoms with E-state index in [4.69, 9.17) is 0 Å². The number of halogens is 1. The molecule has 0 saturated heterocycles. The third-order valence-electron chi connectivity index (χ3n) is 1.76. The number of allylic oxidation sites excluding steroid dienone is 1. The van der Waals surface area contributed by atoms with Crippen LogP contribution < -0.4 is 0 Å². The van der Waals surface area contributed by atoms with Crippen LogP contribution in [0.25, 0.3) is 0 Å². The van der Waals surface area contributed by atoms with Crippen LogP contribution in [0.3, 0.4) is 0 Å². The van der Waals surface area contributed by atoms with Gasteiger partial charge in [0.2, 0.25) is 0 Å². The summed E-state index contributed by atoms with van der Waals surface area (Å²) >= 11 is 2.27. The molecular formula is C11H13IOS. The molecule has 1 aromatic rings. The molecule has 1 nitrogen and oxygen atoms in total. The summed E-state index contributed by atoms with van der Waals surface area (Å²) in [5.41, 5.74) is 1.15. The van der Waals surface area contributed by atoms with Gasteiger partial charge in [0, 0.05) is 25.9 Å². The first-order valence-corrected chi connectivity index (χ1v) is 6.99. The Morgan fingerprint density at radius 3 is 2.57 bits per heavy atom. The molecule has 0 radical (unpaired) electrons. The summed E-state index contributed by atoms with van der Waals surface area (Å²) in [5.74, 6) is 1.31. The molecule has 0 heterocycles. The Kier molecular flexibility index (Phi) is 5.40. The van der Waals surface area contributed by atoms with E-state index in [1.165, 1.54) is 3.57 Å². The molecule has 0 spiro atoms. The van der Waals surface area contributed by atoms with Crippen molar-refractivity contribution in [1.29, 1.82) is 0 Å². The number of rotatable bonds is 4. The second-order valence-electron chi connectivity index (χ2n) is 2.95. The molecule has 0 aliphatic rings. The fourth-order valence-electron chi connectivity index (χ4n) is 1.03. The predicted octanol–water partition coefficient (Wildman–Crippen LogP) is 3.12. The Balaban J connectivity index is 2.52. The third-order valence-corrected chi connectivity index (χ3v) is 3.70. The van der Waals surface area contributed by atoms with E-state index in [-0.39, 0.29) is 0 Å². The van der Waals surface area contributed by atoms with Gasteiger partial charge in [0.05, 0.1) is 0 Å². The summed E-state index contributed by atoms with van der Waals surface area (Å²) in [6.07, 6.45) is 3.88. The maximum absolute atomic E-state index is 11.5. The van der Waals surface area contributed by atoms with Crippen molar-refractivity contribution in [3.8, 4) is 0 Å². The summed E-state index contributed by atoms with van der Waals surface area (Å²) < 4.78 is 12.7. The van der Waals surface area contributed by atoms with Gasteiger partial charge in [0.15, 0.2) is 0 Å². The number of benzene rings is 1. The van der Waals surface area contributed by atoms with E-state index in [0.29, 0.717) is 11.5 Å². The lowest BCUT2D eigenvalue weighted by molar-refractivity contribution is 0.684. The molecule has 14 heavy (non-hydrogen) atoms. The van der Waals surface area contributed by atoms with Gasteiger partial charge in [-0.15, -0.1) is 0 Å². The lowest BCUT2D eigenvalue weighted by Crippen LogP contribution is -1.98. The Labute approximate surface area is 101 Å². The van der Waals surface area contributed by atoms with Gasteiger partial charge in [0.1, 0.15) is 0 Å². The van der Waals surface area contributed by atoms with Gasteiger partial charge < -0.3 is 0 Å². The highest BCUT2D eigenvalue weighted by Gasteiger charge is 1.99. The smallest absolute Gasteiger partial charge is 0.0488 e. The Bertz CT molecular complexity index is 330. The molecule has 0 saturated carbocycles. The largest absolute Gasteiger partial charge is 0.259 e. The molecule has 1 atom stereocenters. The van der Waals surface area contributed by atoms with Crippen molar-refractivity contribution in [2.75, 3.05) is 5.75 Å². The molecule has 0 aliphatic heterocycles. The molecule has 1 unspecified atom stereocenters. The maximum atomic E-state index is 11.5. The average molecular weight is 320 g/mol. The van der Waals surface area contributed by atoms with Gasteiger partial charge >= 0.3 is 0 Å². The standard InChI is InChI=1S/C11H13IOS/c1-2-3-8-14(13)9-10-4-6-11(12)7-5-10/h2-7H,8-9H2,1H3/b3-2+. The average Bonchev–Trinajstić information content (AvgIpc) is 2.18. The fraction of sp³-hybridized carbons (Fsp3) is 0.273. The van der Waals surface area contributed by atoms with Crippen LogP contribution in [0.4, 0.5) is 0 Å². The highest BCUT2D eigenvalue weighted by Crippen LogP contribution is 2.08. The minimum Gasteiger partial charge on any atom is -0.259 e. The molecule has 1 aromatic carbocycles. The van der Waals surface area contributed by atoms with Gasteiger partial charge in [-0.1, -0.05) is 24.3 Å². The second-order valence-corrected chi connectivity index (χ2v) is 5.69. The van der Waals surface area contributed by atoms with Crippen LogP contribution in [0.1, 0.15) is 12.5 Å². The van der Waals surface area contributed by atoms with E-state index in [2.05, 4.69) is 22.6 Å². The number of hydrogen-bond donors (Lipinski definition) is 0. The van der Waals surface area contributed by atoms with Crippen molar-refractivity contribution < 1.29 is 4.21 Å². The normalized spacial score (nSPS) is 13.3. The van der Waals surface area contributed by atoms with E-state index >= 15 is 0 Å². The first kappa shape index (κ1) is 11.9. The van der Waals surface area contributed by atoms with Gasteiger partial charge in [-0.3, -0.25) is 4.21 Å². The van der Waals surface area contributed by atoms with E-state index in [1.54, 1.807) is 0 Å². The molecule has 0 aliphatic carbocycles. The summed E-state index contributed by atoms with van der Waals surface area (Å²) in [6.45, 7) is 1.95. The SMILES string of the molecule is C/C=C/CS(=O)Cc1ccc(I)cc1. The van der Waals surface area contributed by atoms with Crippen LogP contribution in [0.5, 0.6) is 0 Å². The molecule has 1 rings (SSSR count). The van der Waals surface area contributed by atoms with Gasteiger partial charge in [-0.2, -0.15) is 0 Å². The Morgan fingerprint density at radius 2 is 2.00 bits per heavy atom. The van der Waals surface area contributed by atoms with Crippen LogP contribution in [-0.2, 0) is 16.6 Å². The fourth-order valence-corrected chi connectivity index (χ4v) is 2.48. The first-order valence-electron chi connectivity index (χ1n) is 4.43. The molecule has 0 bridgehead atoms. The lowest BCUT2D eigenvalue weighted by atomic mass is 10.2. The summed E-state index contributed by atoms with van der Waals surface area (Å²) in [4.78, 5) is 0. The topological polar surface area (TPSA) is 17.1 Å². The first-order chi connectivity index (χ1) is 6.72. The molecule has 76 valence electrons. The number of hydrogen-bond acceptors (Lipinski definition) is 1. The molecule has 0 fully saturated rings. The Morgan fingerprint density at radius 1 is 1.36 bits per heavy atom. The zero-order chi connectivity index (χ0) is 10.4. The highest BCUT2D eigenvalue weighted by atomic mass is 127. The zero-order valence-corrected chi connectivity index (χ0v) is 11.0. The quantitative estimate of drug-likeness (QED) is 0.615. The third kappa shape index (κ3) is 4.37. The Hall–Kier alpha value is -0.160. The van der Waals surface area contributed by atoms with E-state index in [9.17, 15) is 4.21 Å². The molecule has 0 N–H and O–H groups in total. The van der Waals surface area contributed by atoms with Crippen molar-refractivity contribution in [1.82, 2.24) is 0 Å². The van der Waals surface area contributed by atoms with Crippen molar-refractivity contribution in [3.05, 3.63) is 45.6 Å². The van der Waals surface area contributed by atoms with Crippen LogP contribution >= 0.6 is 22.6 Å². The van der Waals surface area contributed by atoms with Gasteiger partial charge in [-0.25, -0.2) is 0 Å². The van der Waals surface area contributed by atoms with Crippen molar-refractivity contribution in [2.45, 2.75) is 12.7 Å². The van der Waals surface area contributed by atoms with E-state index in [1.807, 2.05) is 43.3 Å². The predicted molar refractivity (Wildman–Crippen MR) is 70.7 cm³/mol. The molecule has 0 amide bonds. The van der Waals surface area contributed by atoms with E-state index < -0.39 is 10.8 Å². The minimum atomic E-state index is -0.767.